The molecule has 1 aliphatic heterocycles. The van der Waals surface area contributed by atoms with Gasteiger partial charge in [0.1, 0.15) is 11.8 Å². The highest BCUT2D eigenvalue weighted by Crippen LogP contribution is 2.29. The largest absolute Gasteiger partial charge is 0.467 e. The molecule has 3 heterocycles. The molecule has 1 atom stereocenters. The minimum absolute atomic E-state index is 0.0883. The van der Waals surface area contributed by atoms with Crippen LogP contribution >= 0.6 is 11.3 Å². The maximum absolute atomic E-state index is 12.4. The fraction of sp³-hybridized carbons (Fsp3) is 0.444. The van der Waals surface area contributed by atoms with Crippen molar-refractivity contribution < 1.29 is 18.8 Å². The number of nitrogens with one attached hydrogen (secondary N) is 2. The van der Waals surface area contributed by atoms with Crippen molar-refractivity contribution in [2.75, 3.05) is 5.32 Å². The molecule has 1 saturated heterocycles. The molecule has 142 valence electrons. The molecule has 9 heteroatoms. The van der Waals surface area contributed by atoms with Crippen molar-refractivity contribution in [1.29, 1.82) is 0 Å². The molecule has 27 heavy (non-hydrogen) atoms. The van der Waals surface area contributed by atoms with E-state index in [-0.39, 0.29) is 31.2 Å². The van der Waals surface area contributed by atoms with Gasteiger partial charge < -0.3 is 15.1 Å². The summed E-state index contributed by atoms with van der Waals surface area (Å²) in [6.45, 7) is 0.0883. The molecule has 1 fully saturated rings. The van der Waals surface area contributed by atoms with Crippen molar-refractivity contribution in [3.8, 4) is 0 Å². The van der Waals surface area contributed by atoms with E-state index in [0.717, 1.165) is 29.9 Å². The quantitative estimate of drug-likeness (QED) is 0.740. The van der Waals surface area contributed by atoms with Crippen LogP contribution in [0.4, 0.5) is 9.93 Å². The van der Waals surface area contributed by atoms with Crippen molar-refractivity contribution in [3.05, 3.63) is 34.7 Å². The average molecular weight is 388 g/mol. The third-order valence-corrected chi connectivity index (χ3v) is 5.83. The molecule has 8 nitrogen and oxygen atoms in total. The molecule has 2 N–H and O–H groups in total. The van der Waals surface area contributed by atoms with Gasteiger partial charge >= 0.3 is 6.03 Å². The summed E-state index contributed by atoms with van der Waals surface area (Å²) < 4.78 is 5.18. The lowest BCUT2D eigenvalue weighted by atomic mass is 10.0. The lowest BCUT2D eigenvalue weighted by molar-refractivity contribution is -0.128. The van der Waals surface area contributed by atoms with Gasteiger partial charge in [-0.2, -0.15) is 0 Å². The fourth-order valence-electron chi connectivity index (χ4n) is 3.34. The summed E-state index contributed by atoms with van der Waals surface area (Å²) in [7, 11) is 0. The SMILES string of the molecule is O=C(CCC1NC(=O)N(Cc2ccco2)C1=O)Nc1nc2c(s1)CCCC2. The molecular formula is C18H20N4O4S. The summed E-state index contributed by atoms with van der Waals surface area (Å²) in [5, 5.41) is 6.06. The molecule has 4 amide bonds. The maximum Gasteiger partial charge on any atom is 0.325 e. The second-order valence-electron chi connectivity index (χ2n) is 6.69. The first-order valence-electron chi connectivity index (χ1n) is 9.03. The van der Waals surface area contributed by atoms with Gasteiger partial charge in [0.2, 0.25) is 5.91 Å². The lowest BCUT2D eigenvalue weighted by Crippen LogP contribution is -2.31. The van der Waals surface area contributed by atoms with Crippen molar-refractivity contribution in [1.82, 2.24) is 15.2 Å². The summed E-state index contributed by atoms with van der Waals surface area (Å²) in [4.78, 5) is 43.5. The average Bonchev–Trinajstić information content (AvgIpc) is 3.36. The Bertz CT molecular complexity index is 837. The second kappa shape index (κ2) is 7.51. The molecule has 1 aliphatic carbocycles. The highest BCUT2D eigenvalue weighted by atomic mass is 32.1. The van der Waals surface area contributed by atoms with Gasteiger partial charge in [-0.25, -0.2) is 9.78 Å². The number of carbonyl (C=O) groups excluding carboxylic acids is 3. The van der Waals surface area contributed by atoms with Crippen LogP contribution in [-0.2, 0) is 29.0 Å². The number of carbonyl (C=O) groups is 3. The zero-order valence-corrected chi connectivity index (χ0v) is 15.5. The van der Waals surface area contributed by atoms with E-state index < -0.39 is 12.1 Å². The van der Waals surface area contributed by atoms with E-state index in [0.29, 0.717) is 10.9 Å². The number of anilines is 1. The first-order chi connectivity index (χ1) is 13.1. The number of furan rings is 1. The van der Waals surface area contributed by atoms with E-state index in [9.17, 15) is 14.4 Å². The number of amides is 4. The molecule has 4 rings (SSSR count). The molecule has 0 radical (unpaired) electrons. The Morgan fingerprint density at radius 2 is 2.22 bits per heavy atom. The van der Waals surface area contributed by atoms with Crippen molar-refractivity contribution in [2.24, 2.45) is 0 Å². The minimum Gasteiger partial charge on any atom is -0.467 e. The molecular weight excluding hydrogens is 368 g/mol. The number of aromatic nitrogens is 1. The van der Waals surface area contributed by atoms with Gasteiger partial charge in [0.25, 0.3) is 5.91 Å². The molecule has 0 spiro atoms. The normalized spacial score (nSPS) is 19.1. The monoisotopic (exact) mass is 388 g/mol. The number of thiazole rings is 1. The van der Waals surface area contributed by atoms with Crippen molar-refractivity contribution >= 4 is 34.3 Å². The Labute approximate surface area is 159 Å². The summed E-state index contributed by atoms with van der Waals surface area (Å²) in [5.74, 6) is -0.00817. The fourth-order valence-corrected chi connectivity index (χ4v) is 4.41. The zero-order valence-electron chi connectivity index (χ0n) is 14.7. The first-order valence-corrected chi connectivity index (χ1v) is 9.84. The first kappa shape index (κ1) is 17.7. The van der Waals surface area contributed by atoms with Crippen LogP contribution in [0.25, 0.3) is 0 Å². The van der Waals surface area contributed by atoms with Crippen molar-refractivity contribution in [2.45, 2.75) is 51.1 Å². The van der Waals surface area contributed by atoms with Crippen LogP contribution in [0.15, 0.2) is 22.8 Å². The van der Waals surface area contributed by atoms with Gasteiger partial charge in [0, 0.05) is 11.3 Å². The molecule has 1 unspecified atom stereocenters. The van der Waals surface area contributed by atoms with Crippen LogP contribution in [0.3, 0.4) is 0 Å². The van der Waals surface area contributed by atoms with Gasteiger partial charge in [-0.3, -0.25) is 14.5 Å². The van der Waals surface area contributed by atoms with Gasteiger partial charge in [0.05, 0.1) is 18.5 Å². The Kier molecular flexibility index (Phi) is 4.93. The van der Waals surface area contributed by atoms with Gasteiger partial charge in [-0.05, 0) is 44.2 Å². The van der Waals surface area contributed by atoms with Crippen LogP contribution in [0.2, 0.25) is 0 Å². The number of rotatable bonds is 6. The topological polar surface area (TPSA) is 105 Å². The zero-order chi connectivity index (χ0) is 18.8. The van der Waals surface area contributed by atoms with Crippen LogP contribution < -0.4 is 10.6 Å². The third kappa shape index (κ3) is 3.87. The molecule has 0 bridgehead atoms. The molecule has 2 aromatic heterocycles. The number of fused-ring (bicyclic) bond motifs is 1. The van der Waals surface area contributed by atoms with Gasteiger partial charge in [-0.15, -0.1) is 11.3 Å². The predicted octanol–water partition coefficient (Wildman–Crippen LogP) is 2.45. The number of imide groups is 1. The lowest BCUT2D eigenvalue weighted by Gasteiger charge is -2.11. The number of nitrogens with zero attached hydrogens (tertiary/aromatic N) is 2. The van der Waals surface area contributed by atoms with Crippen LogP contribution in [0.1, 0.15) is 42.0 Å². The second-order valence-corrected chi connectivity index (χ2v) is 7.77. The Balaban J connectivity index is 1.29. The highest BCUT2D eigenvalue weighted by molar-refractivity contribution is 7.15. The summed E-state index contributed by atoms with van der Waals surface area (Å²) in [5.41, 5.74) is 1.09. The van der Waals surface area contributed by atoms with Gasteiger partial charge in [-0.1, -0.05) is 0 Å². The number of hydrogen-bond acceptors (Lipinski definition) is 6. The van der Waals surface area contributed by atoms with E-state index in [1.54, 1.807) is 12.1 Å². The molecule has 0 saturated carbocycles. The summed E-state index contributed by atoms with van der Waals surface area (Å²) in [6.07, 6.45) is 6.17. The Hall–Kier alpha value is -2.68. The minimum atomic E-state index is -0.692. The van der Waals surface area contributed by atoms with Crippen LogP contribution in [0, 0.1) is 0 Å². The number of hydrogen-bond donors (Lipinski definition) is 2. The van der Waals surface area contributed by atoms with E-state index in [1.165, 1.54) is 28.9 Å². The number of urea groups is 1. The molecule has 0 aromatic carbocycles. The summed E-state index contributed by atoms with van der Waals surface area (Å²) in [6, 6.07) is 2.25. The van der Waals surface area contributed by atoms with E-state index in [2.05, 4.69) is 15.6 Å². The number of aryl methyl sites for hydroxylation is 2. The van der Waals surface area contributed by atoms with E-state index in [1.807, 2.05) is 0 Å². The van der Waals surface area contributed by atoms with E-state index in [4.69, 9.17) is 4.42 Å². The Morgan fingerprint density at radius 3 is 3.00 bits per heavy atom. The van der Waals surface area contributed by atoms with Crippen molar-refractivity contribution in [3.63, 3.8) is 0 Å². The standard InChI is InChI=1S/C18H20N4O4S/c23-15(21-17-19-12-5-1-2-6-14(12)27-17)8-7-13-16(24)22(18(25)20-13)10-11-4-3-9-26-11/h3-4,9,13H,1-2,5-8,10H2,(H,20,25)(H,19,21,23). The summed E-state index contributed by atoms with van der Waals surface area (Å²) >= 11 is 1.53. The van der Waals surface area contributed by atoms with Gasteiger partial charge in [0.15, 0.2) is 5.13 Å². The molecule has 2 aromatic rings. The van der Waals surface area contributed by atoms with E-state index >= 15 is 0 Å². The Morgan fingerprint density at radius 1 is 1.37 bits per heavy atom. The van der Waals surface area contributed by atoms with Crippen LogP contribution in [-0.4, -0.2) is 33.8 Å². The smallest absolute Gasteiger partial charge is 0.325 e. The maximum atomic E-state index is 12.4. The van der Waals surface area contributed by atoms with Crippen LogP contribution in [0.5, 0.6) is 0 Å². The molecule has 2 aliphatic rings. The predicted molar refractivity (Wildman–Crippen MR) is 98.2 cm³/mol. The third-order valence-electron chi connectivity index (χ3n) is 4.75. The highest BCUT2D eigenvalue weighted by Gasteiger charge is 2.38.